The van der Waals surface area contributed by atoms with Crippen LogP contribution in [0.15, 0.2) is 18.2 Å². The lowest BCUT2D eigenvalue weighted by Crippen LogP contribution is -2.24. The molecule has 110 valence electrons. The summed E-state index contributed by atoms with van der Waals surface area (Å²) >= 11 is 0. The van der Waals surface area contributed by atoms with E-state index in [9.17, 15) is 5.11 Å². The zero-order valence-electron chi connectivity index (χ0n) is 12.5. The molecule has 0 bridgehead atoms. The molecule has 0 aromatic heterocycles. The van der Waals surface area contributed by atoms with Crippen LogP contribution in [0.3, 0.4) is 0 Å². The zero-order valence-corrected chi connectivity index (χ0v) is 12.5. The number of aliphatic hydroxyl groups is 1. The molecule has 0 heterocycles. The number of fused-ring (bicyclic) bond motifs is 1. The first-order valence-corrected chi connectivity index (χ1v) is 8.23. The van der Waals surface area contributed by atoms with Crippen molar-refractivity contribution in [3.05, 3.63) is 29.3 Å². The van der Waals surface area contributed by atoms with Crippen molar-refractivity contribution in [2.45, 2.75) is 70.5 Å². The predicted molar refractivity (Wildman–Crippen MR) is 81.0 cm³/mol. The van der Waals surface area contributed by atoms with E-state index >= 15 is 0 Å². The fraction of sp³-hybridized carbons (Fsp3) is 0.667. The van der Waals surface area contributed by atoms with Crippen LogP contribution in [0.2, 0.25) is 0 Å². The summed E-state index contributed by atoms with van der Waals surface area (Å²) < 4.78 is 6.17. The number of benzene rings is 1. The Bertz CT molecular complexity index is 447. The Hall–Kier alpha value is -1.02. The van der Waals surface area contributed by atoms with Crippen molar-refractivity contribution in [3.63, 3.8) is 0 Å². The molecule has 20 heavy (non-hydrogen) atoms. The maximum Gasteiger partial charge on any atom is 0.120 e. The van der Waals surface area contributed by atoms with Gasteiger partial charge in [-0.15, -0.1) is 0 Å². The minimum absolute atomic E-state index is 0.271. The second-order valence-electron chi connectivity index (χ2n) is 6.44. The molecule has 1 N–H and O–H groups in total. The molecule has 2 nitrogen and oxygen atoms in total. The van der Waals surface area contributed by atoms with Gasteiger partial charge in [-0.1, -0.05) is 19.4 Å². The van der Waals surface area contributed by atoms with Crippen LogP contribution in [0.5, 0.6) is 5.75 Å². The van der Waals surface area contributed by atoms with Crippen LogP contribution < -0.4 is 4.74 Å². The molecule has 2 aliphatic rings. The van der Waals surface area contributed by atoms with Gasteiger partial charge >= 0.3 is 0 Å². The Kier molecular flexibility index (Phi) is 4.30. The first-order chi connectivity index (χ1) is 9.76. The van der Waals surface area contributed by atoms with Gasteiger partial charge in [-0.2, -0.15) is 0 Å². The van der Waals surface area contributed by atoms with Gasteiger partial charge in [0.25, 0.3) is 0 Å². The summed E-state index contributed by atoms with van der Waals surface area (Å²) in [5.74, 6) is 1.91. The predicted octanol–water partition coefficient (Wildman–Crippen LogP) is 4.40. The first-order valence-electron chi connectivity index (χ1n) is 8.23. The van der Waals surface area contributed by atoms with Crippen molar-refractivity contribution < 1.29 is 9.84 Å². The van der Waals surface area contributed by atoms with Crippen molar-refractivity contribution in [2.75, 3.05) is 0 Å². The van der Waals surface area contributed by atoms with Crippen molar-refractivity contribution in [3.8, 4) is 5.75 Å². The summed E-state index contributed by atoms with van der Waals surface area (Å²) in [6.45, 7) is 2.29. The van der Waals surface area contributed by atoms with E-state index in [4.69, 9.17) is 4.74 Å². The highest BCUT2D eigenvalue weighted by Gasteiger charge is 2.22. The van der Waals surface area contributed by atoms with Crippen LogP contribution in [0.25, 0.3) is 0 Å². The van der Waals surface area contributed by atoms with Gasteiger partial charge in [-0.3, -0.25) is 0 Å². The molecule has 1 aromatic carbocycles. The molecule has 0 saturated heterocycles. The smallest absolute Gasteiger partial charge is 0.120 e. The molecule has 1 aromatic rings. The van der Waals surface area contributed by atoms with Gasteiger partial charge in [0.2, 0.25) is 0 Å². The van der Waals surface area contributed by atoms with E-state index in [1.54, 1.807) is 0 Å². The number of hydrogen-bond donors (Lipinski definition) is 1. The Balaban J connectivity index is 1.64. The lowest BCUT2D eigenvalue weighted by Gasteiger charge is -2.29. The molecule has 3 rings (SSSR count). The number of rotatable bonds is 3. The summed E-state index contributed by atoms with van der Waals surface area (Å²) in [6, 6.07) is 6.26. The number of aliphatic hydroxyl groups excluding tert-OH is 1. The highest BCUT2D eigenvalue weighted by atomic mass is 16.5. The van der Waals surface area contributed by atoms with Crippen LogP contribution in [-0.2, 0) is 6.42 Å². The van der Waals surface area contributed by atoms with Crippen LogP contribution in [0.1, 0.15) is 69.1 Å². The standard InChI is InChI=1S/C18H26O2/c1-2-13-6-8-15(9-7-13)20-16-10-11-17-14(12-16)4-3-5-18(17)19/h10-13,15,18-19H,2-9H2,1H3. The average Bonchev–Trinajstić information content (AvgIpc) is 2.48. The molecule has 0 radical (unpaired) electrons. The van der Waals surface area contributed by atoms with E-state index in [2.05, 4.69) is 19.1 Å². The van der Waals surface area contributed by atoms with Crippen LogP contribution in [0, 0.1) is 5.92 Å². The fourth-order valence-corrected chi connectivity index (χ4v) is 3.69. The maximum atomic E-state index is 9.99. The Morgan fingerprint density at radius 3 is 2.70 bits per heavy atom. The summed E-state index contributed by atoms with van der Waals surface area (Å²) in [4.78, 5) is 0. The van der Waals surface area contributed by atoms with Crippen molar-refractivity contribution in [2.24, 2.45) is 5.92 Å². The molecule has 0 amide bonds. The van der Waals surface area contributed by atoms with Gasteiger partial charge in [0, 0.05) is 0 Å². The van der Waals surface area contributed by atoms with Crippen molar-refractivity contribution in [1.82, 2.24) is 0 Å². The molecule has 1 atom stereocenters. The Labute approximate surface area is 122 Å². The fourth-order valence-electron chi connectivity index (χ4n) is 3.69. The molecule has 0 aliphatic heterocycles. The number of hydrogen-bond acceptors (Lipinski definition) is 2. The normalized spacial score (nSPS) is 29.8. The molecule has 2 heteroatoms. The minimum atomic E-state index is -0.271. The molecular weight excluding hydrogens is 248 g/mol. The second kappa shape index (κ2) is 6.17. The molecule has 2 aliphatic carbocycles. The summed E-state index contributed by atoms with van der Waals surface area (Å²) in [5, 5.41) is 9.99. The quantitative estimate of drug-likeness (QED) is 0.885. The van der Waals surface area contributed by atoms with E-state index in [1.807, 2.05) is 6.07 Å². The van der Waals surface area contributed by atoms with Crippen molar-refractivity contribution >= 4 is 0 Å². The first kappa shape index (κ1) is 13.9. The third kappa shape index (κ3) is 3.01. The highest BCUT2D eigenvalue weighted by molar-refractivity contribution is 5.38. The van der Waals surface area contributed by atoms with Gasteiger partial charge < -0.3 is 9.84 Å². The van der Waals surface area contributed by atoms with Gasteiger partial charge in [-0.25, -0.2) is 0 Å². The lowest BCUT2D eigenvalue weighted by molar-refractivity contribution is 0.129. The summed E-state index contributed by atoms with van der Waals surface area (Å²) in [7, 11) is 0. The Morgan fingerprint density at radius 1 is 1.15 bits per heavy atom. The number of aryl methyl sites for hydroxylation is 1. The molecular formula is C18H26O2. The Morgan fingerprint density at radius 2 is 1.95 bits per heavy atom. The molecule has 1 saturated carbocycles. The van der Waals surface area contributed by atoms with Gasteiger partial charge in [0.05, 0.1) is 12.2 Å². The summed E-state index contributed by atoms with van der Waals surface area (Å²) in [6.07, 6.45) is 9.49. The zero-order chi connectivity index (χ0) is 13.9. The van der Waals surface area contributed by atoms with E-state index in [0.717, 1.165) is 36.5 Å². The topological polar surface area (TPSA) is 29.5 Å². The van der Waals surface area contributed by atoms with E-state index in [0.29, 0.717) is 6.10 Å². The van der Waals surface area contributed by atoms with Crippen LogP contribution >= 0.6 is 0 Å². The molecule has 1 unspecified atom stereocenters. The number of ether oxygens (including phenoxy) is 1. The average molecular weight is 274 g/mol. The highest BCUT2D eigenvalue weighted by Crippen LogP contribution is 2.34. The third-order valence-electron chi connectivity index (χ3n) is 5.07. The van der Waals surface area contributed by atoms with E-state index in [1.165, 1.54) is 37.7 Å². The van der Waals surface area contributed by atoms with Gasteiger partial charge in [0.1, 0.15) is 5.75 Å². The second-order valence-corrected chi connectivity index (χ2v) is 6.44. The van der Waals surface area contributed by atoms with Crippen molar-refractivity contribution in [1.29, 1.82) is 0 Å². The minimum Gasteiger partial charge on any atom is -0.490 e. The molecule has 1 fully saturated rings. The van der Waals surface area contributed by atoms with Crippen LogP contribution in [-0.4, -0.2) is 11.2 Å². The van der Waals surface area contributed by atoms with Gasteiger partial charge in [-0.05, 0) is 74.1 Å². The third-order valence-corrected chi connectivity index (χ3v) is 5.07. The van der Waals surface area contributed by atoms with Crippen LogP contribution in [0.4, 0.5) is 0 Å². The molecule has 0 spiro atoms. The SMILES string of the molecule is CCC1CCC(Oc2ccc3c(c2)CCCC3O)CC1. The maximum absolute atomic E-state index is 9.99. The largest absolute Gasteiger partial charge is 0.490 e. The lowest BCUT2D eigenvalue weighted by atomic mass is 9.86. The van der Waals surface area contributed by atoms with E-state index in [-0.39, 0.29) is 6.10 Å². The monoisotopic (exact) mass is 274 g/mol. The summed E-state index contributed by atoms with van der Waals surface area (Å²) in [5.41, 5.74) is 2.39. The van der Waals surface area contributed by atoms with E-state index < -0.39 is 0 Å². The van der Waals surface area contributed by atoms with Gasteiger partial charge in [0.15, 0.2) is 0 Å².